The Labute approximate surface area is 189 Å². The third-order valence-electron chi connectivity index (χ3n) is 4.57. The summed E-state index contributed by atoms with van der Waals surface area (Å²) in [5.74, 6) is -0.110. The molecule has 7 nitrogen and oxygen atoms in total. The Morgan fingerprint density at radius 3 is 2.53 bits per heavy atom. The Hall–Kier alpha value is -4.15. The number of hydrogen-bond acceptors (Lipinski definition) is 5. The van der Waals surface area contributed by atoms with Gasteiger partial charge in [-0.3, -0.25) is 14.9 Å². The number of amides is 1. The number of hydrogen-bond donors (Lipinski definition) is 1. The van der Waals surface area contributed by atoms with Crippen LogP contribution in [-0.4, -0.2) is 10.8 Å². The molecule has 0 bridgehead atoms. The fourth-order valence-electron chi connectivity index (χ4n) is 2.82. The summed E-state index contributed by atoms with van der Waals surface area (Å²) in [6, 6.07) is 20.1. The van der Waals surface area contributed by atoms with Crippen molar-refractivity contribution < 1.29 is 14.5 Å². The second-order valence-electron chi connectivity index (χ2n) is 6.84. The maximum atomic E-state index is 12.5. The summed E-state index contributed by atoms with van der Waals surface area (Å²) in [5.41, 5.74) is 2.76. The van der Waals surface area contributed by atoms with E-state index in [1.807, 2.05) is 25.1 Å². The van der Waals surface area contributed by atoms with E-state index >= 15 is 0 Å². The van der Waals surface area contributed by atoms with Crippen molar-refractivity contribution >= 4 is 35.0 Å². The molecule has 0 spiro atoms. The van der Waals surface area contributed by atoms with Gasteiger partial charge in [-0.2, -0.15) is 5.26 Å². The normalized spacial score (nSPS) is 10.8. The number of para-hydroxylation sites is 1. The molecule has 1 amide bonds. The molecule has 1 N–H and O–H groups in total. The van der Waals surface area contributed by atoms with E-state index < -0.39 is 10.8 Å². The van der Waals surface area contributed by atoms with Gasteiger partial charge < -0.3 is 10.1 Å². The summed E-state index contributed by atoms with van der Waals surface area (Å²) >= 11 is 6.29. The molecule has 0 heterocycles. The lowest BCUT2D eigenvalue weighted by atomic mass is 10.1. The highest BCUT2D eigenvalue weighted by atomic mass is 35.5. The first-order chi connectivity index (χ1) is 15.4. The van der Waals surface area contributed by atoms with Gasteiger partial charge in [0.1, 0.15) is 24.0 Å². The van der Waals surface area contributed by atoms with E-state index in [4.69, 9.17) is 16.3 Å². The number of nitrogens with zero attached hydrogens (tertiary/aromatic N) is 2. The molecule has 0 aliphatic carbocycles. The molecule has 0 radical (unpaired) electrons. The Balaban J connectivity index is 1.69. The first-order valence-corrected chi connectivity index (χ1v) is 9.89. The molecule has 0 aromatic heterocycles. The molecule has 3 rings (SSSR count). The standard InChI is InChI=1S/C24H18ClN3O4/c1-16-4-2-3-5-22(16)27-24(29)19(14-26)12-18-8-11-23(21(25)13-18)32-15-17-6-9-20(10-7-17)28(30)31/h2-13H,15H2,1H3,(H,27,29)/b19-12+. The monoisotopic (exact) mass is 447 g/mol. The number of ether oxygens (including phenoxy) is 1. The minimum absolute atomic E-state index is 0.00248. The maximum Gasteiger partial charge on any atom is 0.269 e. The minimum Gasteiger partial charge on any atom is -0.487 e. The second kappa shape index (κ2) is 10.2. The van der Waals surface area contributed by atoms with Crippen molar-refractivity contribution in [3.05, 3.63) is 104 Å². The molecule has 0 aliphatic heterocycles. The predicted octanol–water partition coefficient (Wildman–Crippen LogP) is 5.68. The zero-order valence-electron chi connectivity index (χ0n) is 17.0. The van der Waals surface area contributed by atoms with Gasteiger partial charge in [0.05, 0.1) is 9.95 Å². The average molecular weight is 448 g/mol. The van der Waals surface area contributed by atoms with Crippen LogP contribution in [0, 0.1) is 28.4 Å². The highest BCUT2D eigenvalue weighted by molar-refractivity contribution is 6.32. The van der Waals surface area contributed by atoms with Crippen LogP contribution in [0.5, 0.6) is 5.75 Å². The Morgan fingerprint density at radius 2 is 1.91 bits per heavy atom. The number of carbonyl (C=O) groups is 1. The number of nitrogens with one attached hydrogen (secondary N) is 1. The van der Waals surface area contributed by atoms with Crippen molar-refractivity contribution in [2.75, 3.05) is 5.32 Å². The zero-order chi connectivity index (χ0) is 23.1. The van der Waals surface area contributed by atoms with Crippen LogP contribution in [0.25, 0.3) is 6.08 Å². The van der Waals surface area contributed by atoms with Crippen molar-refractivity contribution in [2.24, 2.45) is 0 Å². The Morgan fingerprint density at radius 1 is 1.19 bits per heavy atom. The van der Waals surface area contributed by atoms with E-state index in [-0.39, 0.29) is 17.9 Å². The van der Waals surface area contributed by atoms with Gasteiger partial charge >= 0.3 is 0 Å². The first-order valence-electron chi connectivity index (χ1n) is 9.52. The topological polar surface area (TPSA) is 105 Å². The summed E-state index contributed by atoms with van der Waals surface area (Å²) in [6.45, 7) is 2.04. The molecule has 3 aromatic carbocycles. The van der Waals surface area contributed by atoms with Crippen LogP contribution < -0.4 is 10.1 Å². The van der Waals surface area contributed by atoms with Crippen molar-refractivity contribution in [3.8, 4) is 11.8 Å². The fraction of sp³-hybridized carbons (Fsp3) is 0.0833. The van der Waals surface area contributed by atoms with Crippen molar-refractivity contribution in [1.82, 2.24) is 0 Å². The second-order valence-corrected chi connectivity index (χ2v) is 7.25. The van der Waals surface area contributed by atoms with Crippen molar-refractivity contribution in [2.45, 2.75) is 13.5 Å². The van der Waals surface area contributed by atoms with E-state index in [1.54, 1.807) is 42.5 Å². The fourth-order valence-corrected chi connectivity index (χ4v) is 3.06. The summed E-state index contributed by atoms with van der Waals surface area (Å²) < 4.78 is 5.68. The lowest BCUT2D eigenvalue weighted by Gasteiger charge is -2.09. The number of anilines is 1. The highest BCUT2D eigenvalue weighted by Gasteiger charge is 2.12. The minimum atomic E-state index is -0.517. The molecular weight excluding hydrogens is 430 g/mol. The van der Waals surface area contributed by atoms with Crippen molar-refractivity contribution in [3.63, 3.8) is 0 Å². The van der Waals surface area contributed by atoms with Crippen LogP contribution in [0.4, 0.5) is 11.4 Å². The van der Waals surface area contributed by atoms with Crippen LogP contribution in [-0.2, 0) is 11.4 Å². The van der Waals surface area contributed by atoms with Crippen molar-refractivity contribution in [1.29, 1.82) is 5.26 Å². The predicted molar refractivity (Wildman–Crippen MR) is 122 cm³/mol. The summed E-state index contributed by atoms with van der Waals surface area (Å²) in [7, 11) is 0. The third kappa shape index (κ3) is 5.72. The Kier molecular flexibility index (Phi) is 7.21. The quantitative estimate of drug-likeness (QED) is 0.217. The third-order valence-corrected chi connectivity index (χ3v) is 4.86. The molecule has 8 heteroatoms. The number of nitriles is 1. The summed E-state index contributed by atoms with van der Waals surface area (Å²) in [6.07, 6.45) is 1.44. The van der Waals surface area contributed by atoms with Gasteiger partial charge in [0.2, 0.25) is 0 Å². The number of non-ortho nitro benzene ring substituents is 1. The zero-order valence-corrected chi connectivity index (χ0v) is 17.8. The highest BCUT2D eigenvalue weighted by Crippen LogP contribution is 2.27. The molecule has 3 aromatic rings. The SMILES string of the molecule is Cc1ccccc1NC(=O)/C(C#N)=C/c1ccc(OCc2ccc([N+](=O)[O-])cc2)c(Cl)c1. The Bertz CT molecular complexity index is 1230. The van der Waals surface area contributed by atoms with Crippen LogP contribution in [0.15, 0.2) is 72.3 Å². The smallest absolute Gasteiger partial charge is 0.269 e. The number of benzene rings is 3. The maximum absolute atomic E-state index is 12.5. The number of aryl methyl sites for hydroxylation is 1. The first kappa shape index (κ1) is 22.5. The number of nitro groups is 1. The molecule has 32 heavy (non-hydrogen) atoms. The van der Waals surface area contributed by atoms with E-state index in [2.05, 4.69) is 5.32 Å². The van der Waals surface area contributed by atoms with Crippen LogP contribution in [0.3, 0.4) is 0 Å². The van der Waals surface area contributed by atoms with Gasteiger partial charge in [0.25, 0.3) is 11.6 Å². The average Bonchev–Trinajstić information content (AvgIpc) is 2.78. The number of halogens is 1. The molecule has 0 fully saturated rings. The van der Waals surface area contributed by atoms with Crippen LogP contribution >= 0.6 is 11.6 Å². The number of rotatable bonds is 7. The molecule has 0 aliphatic rings. The number of nitro benzene ring substituents is 1. The molecule has 160 valence electrons. The van der Waals surface area contributed by atoms with E-state index in [1.165, 1.54) is 18.2 Å². The van der Waals surface area contributed by atoms with E-state index in [9.17, 15) is 20.2 Å². The van der Waals surface area contributed by atoms with Gasteiger partial charge in [0, 0.05) is 17.8 Å². The molecule has 0 atom stereocenters. The van der Waals surface area contributed by atoms with Crippen LogP contribution in [0.2, 0.25) is 5.02 Å². The van der Waals surface area contributed by atoms with Gasteiger partial charge in [0.15, 0.2) is 0 Å². The molecule has 0 saturated carbocycles. The molecule has 0 saturated heterocycles. The van der Waals surface area contributed by atoms with Gasteiger partial charge in [-0.25, -0.2) is 0 Å². The largest absolute Gasteiger partial charge is 0.487 e. The lowest BCUT2D eigenvalue weighted by Crippen LogP contribution is -2.14. The van der Waals surface area contributed by atoms with Crippen LogP contribution in [0.1, 0.15) is 16.7 Å². The van der Waals surface area contributed by atoms with Gasteiger partial charge in [-0.1, -0.05) is 35.9 Å². The molecular formula is C24H18ClN3O4. The summed E-state index contributed by atoms with van der Waals surface area (Å²) in [5, 5.41) is 23.2. The van der Waals surface area contributed by atoms with E-state index in [0.29, 0.717) is 22.0 Å². The molecule has 0 unspecified atom stereocenters. The van der Waals surface area contributed by atoms with Gasteiger partial charge in [-0.15, -0.1) is 0 Å². The number of carbonyl (C=O) groups excluding carboxylic acids is 1. The van der Waals surface area contributed by atoms with Gasteiger partial charge in [-0.05, 0) is 60.0 Å². The summed E-state index contributed by atoms with van der Waals surface area (Å²) in [4.78, 5) is 22.7. The van der Waals surface area contributed by atoms with E-state index in [0.717, 1.165) is 11.1 Å². The lowest BCUT2D eigenvalue weighted by molar-refractivity contribution is -0.384.